The zero-order valence-corrected chi connectivity index (χ0v) is 19.0. The lowest BCUT2D eigenvalue weighted by Crippen LogP contribution is -2.27. The van der Waals surface area contributed by atoms with Gasteiger partial charge in [-0.15, -0.1) is 11.3 Å². The highest BCUT2D eigenvalue weighted by atomic mass is 32.1. The molecule has 0 bridgehead atoms. The monoisotopic (exact) mass is 454 g/mol. The number of thiophene rings is 1. The number of anilines is 1. The van der Waals surface area contributed by atoms with Crippen LogP contribution in [-0.2, 0) is 17.6 Å². The van der Waals surface area contributed by atoms with E-state index in [9.17, 15) is 9.59 Å². The molecule has 2 aromatic heterocycles. The summed E-state index contributed by atoms with van der Waals surface area (Å²) in [6.45, 7) is 2.87. The zero-order valence-electron chi connectivity index (χ0n) is 18.2. The third kappa shape index (κ3) is 4.89. The molecule has 0 saturated heterocycles. The third-order valence-electron chi connectivity index (χ3n) is 5.36. The number of aryl methyl sites for hydroxylation is 2. The van der Waals surface area contributed by atoms with Crippen molar-refractivity contribution in [1.29, 1.82) is 0 Å². The number of hydrogen-bond acceptors (Lipinski definition) is 7. The van der Waals surface area contributed by atoms with E-state index in [1.54, 1.807) is 38.3 Å². The van der Waals surface area contributed by atoms with Gasteiger partial charge in [-0.1, -0.05) is 5.16 Å². The van der Waals surface area contributed by atoms with E-state index in [-0.39, 0.29) is 11.8 Å². The van der Waals surface area contributed by atoms with Crippen molar-refractivity contribution in [3.8, 4) is 11.5 Å². The molecular weight excluding hydrogens is 428 g/mol. The fraction of sp³-hybridized carbons (Fsp3) is 0.391. The van der Waals surface area contributed by atoms with Crippen molar-refractivity contribution in [3.63, 3.8) is 0 Å². The van der Waals surface area contributed by atoms with Crippen LogP contribution in [-0.4, -0.2) is 42.2 Å². The van der Waals surface area contributed by atoms with Crippen molar-refractivity contribution in [2.24, 2.45) is 0 Å². The zero-order chi connectivity index (χ0) is 22.5. The predicted octanol–water partition coefficient (Wildman–Crippen LogP) is 4.00. The van der Waals surface area contributed by atoms with Crippen LogP contribution in [0.25, 0.3) is 11.5 Å². The Morgan fingerprint density at radius 2 is 1.94 bits per heavy atom. The summed E-state index contributed by atoms with van der Waals surface area (Å²) >= 11 is 1.51. The average Bonchev–Trinajstić information content (AvgIpc) is 3.40. The van der Waals surface area contributed by atoms with Gasteiger partial charge >= 0.3 is 0 Å². The first kappa shape index (κ1) is 22.2. The van der Waals surface area contributed by atoms with Crippen LogP contribution in [0, 0.1) is 6.92 Å². The molecule has 0 spiro atoms. The number of carbonyl (C=O) groups is 2. The van der Waals surface area contributed by atoms with Crippen molar-refractivity contribution in [3.05, 3.63) is 51.7 Å². The van der Waals surface area contributed by atoms with Crippen LogP contribution in [0.1, 0.15) is 56.2 Å². The van der Waals surface area contributed by atoms with E-state index in [1.165, 1.54) is 16.2 Å². The molecule has 9 heteroatoms. The number of hydrogen-bond donors (Lipinski definition) is 2. The van der Waals surface area contributed by atoms with Crippen molar-refractivity contribution >= 4 is 28.2 Å². The second kappa shape index (κ2) is 10.1. The third-order valence-corrected chi connectivity index (χ3v) is 6.57. The molecule has 3 aromatic rings. The highest BCUT2D eigenvalue weighted by molar-refractivity contribution is 7.17. The van der Waals surface area contributed by atoms with E-state index in [4.69, 9.17) is 9.26 Å². The standard InChI is InChI=1S/C23H26N4O4S/c1-14-25-22(31-27-14)16-10-8-15(9-11-16)20(28)26-23-19(21(29)24-12-5-13-30-2)17-6-3-4-7-18(17)32-23/h8-11H,3-7,12-13H2,1-2H3,(H,24,29)(H,26,28). The number of rotatable bonds is 8. The molecule has 0 saturated carbocycles. The largest absolute Gasteiger partial charge is 0.385 e. The quantitative estimate of drug-likeness (QED) is 0.498. The lowest BCUT2D eigenvalue weighted by atomic mass is 9.95. The molecule has 0 atom stereocenters. The van der Waals surface area contributed by atoms with Gasteiger partial charge in [-0.2, -0.15) is 4.98 Å². The van der Waals surface area contributed by atoms with Crippen LogP contribution in [0.15, 0.2) is 28.8 Å². The number of carbonyl (C=O) groups excluding carboxylic acids is 2. The van der Waals surface area contributed by atoms with Crippen LogP contribution in [0.2, 0.25) is 0 Å². The smallest absolute Gasteiger partial charge is 0.257 e. The Balaban J connectivity index is 1.52. The minimum absolute atomic E-state index is 0.141. The maximum absolute atomic E-state index is 13.0. The molecule has 2 amide bonds. The number of fused-ring (bicyclic) bond motifs is 1. The first-order valence-electron chi connectivity index (χ1n) is 10.7. The fourth-order valence-corrected chi connectivity index (χ4v) is 5.04. The SMILES string of the molecule is COCCCNC(=O)c1c(NC(=O)c2ccc(-c3nc(C)no3)cc2)sc2c1CCCC2. The van der Waals surface area contributed by atoms with Gasteiger partial charge in [-0.05, 0) is 68.9 Å². The second-order valence-electron chi connectivity index (χ2n) is 7.70. The van der Waals surface area contributed by atoms with E-state index in [0.29, 0.717) is 41.0 Å². The van der Waals surface area contributed by atoms with Crippen LogP contribution in [0.5, 0.6) is 0 Å². The van der Waals surface area contributed by atoms with Gasteiger partial charge in [0, 0.05) is 36.3 Å². The molecule has 0 fully saturated rings. The first-order chi connectivity index (χ1) is 15.6. The Morgan fingerprint density at radius 3 is 2.66 bits per heavy atom. The normalized spacial score (nSPS) is 12.9. The van der Waals surface area contributed by atoms with Gasteiger partial charge in [0.05, 0.1) is 5.56 Å². The lowest BCUT2D eigenvalue weighted by molar-refractivity contribution is 0.0948. The highest BCUT2D eigenvalue weighted by Gasteiger charge is 2.26. The van der Waals surface area contributed by atoms with Gasteiger partial charge in [0.2, 0.25) is 0 Å². The van der Waals surface area contributed by atoms with Crippen molar-refractivity contribution in [1.82, 2.24) is 15.5 Å². The van der Waals surface area contributed by atoms with Crippen LogP contribution in [0.3, 0.4) is 0 Å². The van der Waals surface area contributed by atoms with Crippen molar-refractivity contribution < 1.29 is 18.8 Å². The van der Waals surface area contributed by atoms with Crippen molar-refractivity contribution in [2.75, 3.05) is 25.6 Å². The Hall–Kier alpha value is -3.04. The van der Waals surface area contributed by atoms with E-state index < -0.39 is 0 Å². The number of methoxy groups -OCH3 is 1. The molecule has 1 aliphatic rings. The topological polar surface area (TPSA) is 106 Å². The molecule has 2 N–H and O–H groups in total. The van der Waals surface area contributed by atoms with Gasteiger partial charge in [-0.3, -0.25) is 9.59 Å². The summed E-state index contributed by atoms with van der Waals surface area (Å²) in [5.74, 6) is 0.563. The maximum atomic E-state index is 13.0. The Bertz CT molecular complexity index is 1100. The maximum Gasteiger partial charge on any atom is 0.257 e. The summed E-state index contributed by atoms with van der Waals surface area (Å²) in [5, 5.41) is 10.3. The van der Waals surface area contributed by atoms with Crippen LogP contribution < -0.4 is 10.6 Å². The van der Waals surface area contributed by atoms with Gasteiger partial charge in [0.15, 0.2) is 5.82 Å². The summed E-state index contributed by atoms with van der Waals surface area (Å²) in [6.07, 6.45) is 4.70. The minimum Gasteiger partial charge on any atom is -0.385 e. The molecule has 2 heterocycles. The number of aromatic nitrogens is 2. The second-order valence-corrected chi connectivity index (χ2v) is 8.80. The molecule has 1 aliphatic carbocycles. The summed E-state index contributed by atoms with van der Waals surface area (Å²) in [5.41, 5.74) is 2.91. The first-order valence-corrected chi connectivity index (χ1v) is 11.5. The molecule has 168 valence electrons. The Labute approximate surface area is 190 Å². The summed E-state index contributed by atoms with van der Waals surface area (Å²) < 4.78 is 10.2. The van der Waals surface area contributed by atoms with Gasteiger partial charge < -0.3 is 19.9 Å². The number of amides is 2. The lowest BCUT2D eigenvalue weighted by Gasteiger charge is -2.13. The predicted molar refractivity (Wildman–Crippen MR) is 122 cm³/mol. The molecule has 32 heavy (non-hydrogen) atoms. The highest BCUT2D eigenvalue weighted by Crippen LogP contribution is 2.38. The van der Waals surface area contributed by atoms with Gasteiger partial charge in [-0.25, -0.2) is 0 Å². The summed E-state index contributed by atoms with van der Waals surface area (Å²) in [6, 6.07) is 6.96. The average molecular weight is 455 g/mol. The number of nitrogens with one attached hydrogen (secondary N) is 2. The molecule has 1 aromatic carbocycles. The number of benzene rings is 1. The van der Waals surface area contributed by atoms with E-state index >= 15 is 0 Å². The Morgan fingerprint density at radius 1 is 1.16 bits per heavy atom. The summed E-state index contributed by atoms with van der Waals surface area (Å²) in [7, 11) is 1.64. The van der Waals surface area contributed by atoms with Crippen molar-refractivity contribution in [2.45, 2.75) is 39.0 Å². The number of ether oxygens (including phenoxy) is 1. The molecular formula is C23H26N4O4S. The molecule has 0 unspecified atom stereocenters. The molecule has 8 nitrogen and oxygen atoms in total. The fourth-order valence-electron chi connectivity index (χ4n) is 3.75. The minimum atomic E-state index is -0.259. The van der Waals surface area contributed by atoms with Crippen LogP contribution in [0.4, 0.5) is 5.00 Å². The van der Waals surface area contributed by atoms with E-state index in [1.807, 2.05) is 0 Å². The number of nitrogens with zero attached hydrogens (tertiary/aromatic N) is 2. The van der Waals surface area contributed by atoms with Gasteiger partial charge in [0.25, 0.3) is 17.7 Å². The van der Waals surface area contributed by atoms with E-state index in [2.05, 4.69) is 20.8 Å². The molecule has 4 rings (SSSR count). The molecule has 0 radical (unpaired) electrons. The molecule has 0 aliphatic heterocycles. The van der Waals surface area contributed by atoms with Crippen LogP contribution >= 0.6 is 11.3 Å². The summed E-state index contributed by atoms with van der Waals surface area (Å²) in [4.78, 5) is 31.3. The Kier molecular flexibility index (Phi) is 6.96. The van der Waals surface area contributed by atoms with Gasteiger partial charge in [0.1, 0.15) is 5.00 Å². The van der Waals surface area contributed by atoms with E-state index in [0.717, 1.165) is 43.2 Å².